The number of halogens is 1. The molecule has 5 heteroatoms. The summed E-state index contributed by atoms with van der Waals surface area (Å²) in [6.07, 6.45) is 0.648. The van der Waals surface area contributed by atoms with Crippen LogP contribution in [0.15, 0.2) is 27.1 Å². The first kappa shape index (κ1) is 11.9. The predicted molar refractivity (Wildman–Crippen MR) is 66.3 cm³/mol. The minimum Gasteiger partial charge on any atom is -0.496 e. The molecule has 0 aliphatic carbocycles. The van der Waals surface area contributed by atoms with Crippen LogP contribution in [0.25, 0.3) is 11.3 Å². The number of hydrogen-bond acceptors (Lipinski definition) is 4. The number of oxazole rings is 1. The second kappa shape index (κ2) is 4.71. The fourth-order valence-electron chi connectivity index (χ4n) is 1.58. The monoisotopic (exact) mass is 295 g/mol. The zero-order valence-corrected chi connectivity index (χ0v) is 10.9. The zero-order valence-electron chi connectivity index (χ0n) is 9.36. The molecule has 0 saturated heterocycles. The summed E-state index contributed by atoms with van der Waals surface area (Å²) < 4.78 is 11.3. The van der Waals surface area contributed by atoms with Gasteiger partial charge >= 0.3 is 0 Å². The van der Waals surface area contributed by atoms with Gasteiger partial charge in [0.05, 0.1) is 7.11 Å². The lowest BCUT2D eigenvalue weighted by molar-refractivity contribution is 0.110. The number of nitrogens with zero attached hydrogens (tertiary/aromatic N) is 1. The van der Waals surface area contributed by atoms with Crippen LogP contribution in [-0.4, -0.2) is 18.4 Å². The van der Waals surface area contributed by atoms with Crippen LogP contribution < -0.4 is 4.74 Å². The Morgan fingerprint density at radius 2 is 2.24 bits per heavy atom. The Bertz CT molecular complexity index is 563. The van der Waals surface area contributed by atoms with E-state index in [1.54, 1.807) is 20.1 Å². The number of ether oxygens (including phenoxy) is 1. The summed E-state index contributed by atoms with van der Waals surface area (Å²) in [5.74, 6) is 1.30. The molecule has 0 bridgehead atoms. The van der Waals surface area contributed by atoms with E-state index in [4.69, 9.17) is 9.15 Å². The number of methoxy groups -OCH3 is 1. The van der Waals surface area contributed by atoms with Crippen LogP contribution in [0.4, 0.5) is 0 Å². The largest absolute Gasteiger partial charge is 0.496 e. The van der Waals surface area contributed by atoms with E-state index in [1.807, 2.05) is 12.1 Å². The summed E-state index contributed by atoms with van der Waals surface area (Å²) in [6.45, 7) is 1.70. The van der Waals surface area contributed by atoms with Crippen LogP contribution in [-0.2, 0) is 0 Å². The molecule has 88 valence electrons. The van der Waals surface area contributed by atoms with Gasteiger partial charge in [0.2, 0.25) is 0 Å². The molecule has 0 fully saturated rings. The standard InChI is InChI=1S/C12H10BrNO3/c1-7-14-12(11(6-15)17-7)9-5-8(13)3-4-10(9)16-2/h3-6H,1-2H3. The smallest absolute Gasteiger partial charge is 0.195 e. The number of carbonyl (C=O) groups is 1. The fourth-order valence-corrected chi connectivity index (χ4v) is 1.94. The Labute approximate surface area is 107 Å². The van der Waals surface area contributed by atoms with Crippen molar-refractivity contribution in [3.8, 4) is 17.0 Å². The summed E-state index contributed by atoms with van der Waals surface area (Å²) in [6, 6.07) is 5.50. The van der Waals surface area contributed by atoms with Crippen LogP contribution >= 0.6 is 15.9 Å². The van der Waals surface area contributed by atoms with Gasteiger partial charge in [0.15, 0.2) is 17.9 Å². The van der Waals surface area contributed by atoms with Gasteiger partial charge in [-0.25, -0.2) is 4.98 Å². The highest BCUT2D eigenvalue weighted by molar-refractivity contribution is 9.10. The highest BCUT2D eigenvalue weighted by atomic mass is 79.9. The molecule has 2 aromatic rings. The molecule has 1 aromatic carbocycles. The lowest BCUT2D eigenvalue weighted by Gasteiger charge is -2.06. The number of hydrogen-bond donors (Lipinski definition) is 0. The van der Waals surface area contributed by atoms with Crippen LogP contribution in [0.1, 0.15) is 16.4 Å². The van der Waals surface area contributed by atoms with E-state index in [9.17, 15) is 4.79 Å². The highest BCUT2D eigenvalue weighted by Crippen LogP contribution is 2.33. The van der Waals surface area contributed by atoms with Crippen LogP contribution in [0, 0.1) is 6.92 Å². The van der Waals surface area contributed by atoms with Crippen molar-refractivity contribution >= 4 is 22.2 Å². The number of carbonyl (C=O) groups excluding carboxylic acids is 1. The molecule has 0 spiro atoms. The fraction of sp³-hybridized carbons (Fsp3) is 0.167. The highest BCUT2D eigenvalue weighted by Gasteiger charge is 2.16. The van der Waals surface area contributed by atoms with Crippen molar-refractivity contribution in [3.63, 3.8) is 0 Å². The topological polar surface area (TPSA) is 52.3 Å². The summed E-state index contributed by atoms with van der Waals surface area (Å²) in [7, 11) is 1.57. The predicted octanol–water partition coefficient (Wildman–Crippen LogP) is 3.23. The van der Waals surface area contributed by atoms with Gasteiger partial charge in [0, 0.05) is 17.0 Å². The molecule has 17 heavy (non-hydrogen) atoms. The van der Waals surface area contributed by atoms with Gasteiger partial charge in [-0.15, -0.1) is 0 Å². The number of rotatable bonds is 3. The van der Waals surface area contributed by atoms with Gasteiger partial charge in [-0.2, -0.15) is 0 Å². The Kier molecular flexibility index (Phi) is 3.28. The lowest BCUT2D eigenvalue weighted by Crippen LogP contribution is -1.90. The zero-order chi connectivity index (χ0) is 12.4. The maximum Gasteiger partial charge on any atom is 0.195 e. The Balaban J connectivity index is 2.65. The van der Waals surface area contributed by atoms with Gasteiger partial charge in [-0.05, 0) is 18.2 Å². The van der Waals surface area contributed by atoms with Gasteiger partial charge < -0.3 is 9.15 Å². The second-order valence-electron chi connectivity index (χ2n) is 3.41. The van der Waals surface area contributed by atoms with Gasteiger partial charge in [-0.3, -0.25) is 4.79 Å². The van der Waals surface area contributed by atoms with E-state index >= 15 is 0 Å². The Morgan fingerprint density at radius 3 is 2.88 bits per heavy atom. The minimum absolute atomic E-state index is 0.207. The normalized spacial score (nSPS) is 10.3. The number of benzene rings is 1. The van der Waals surface area contributed by atoms with E-state index in [0.717, 1.165) is 10.0 Å². The molecule has 0 aliphatic heterocycles. The van der Waals surface area contributed by atoms with Crippen molar-refractivity contribution in [2.75, 3.05) is 7.11 Å². The molecule has 0 unspecified atom stereocenters. The Hall–Kier alpha value is -1.62. The van der Waals surface area contributed by atoms with Gasteiger partial charge in [0.25, 0.3) is 0 Å². The third-order valence-corrected chi connectivity index (χ3v) is 2.78. The maximum absolute atomic E-state index is 10.9. The molecule has 4 nitrogen and oxygen atoms in total. The van der Waals surface area contributed by atoms with Crippen molar-refractivity contribution in [2.24, 2.45) is 0 Å². The van der Waals surface area contributed by atoms with Crippen LogP contribution in [0.3, 0.4) is 0 Å². The SMILES string of the molecule is COc1ccc(Br)cc1-c1nc(C)oc1C=O. The van der Waals surface area contributed by atoms with E-state index in [-0.39, 0.29) is 5.76 Å². The van der Waals surface area contributed by atoms with Crippen molar-refractivity contribution in [1.82, 2.24) is 4.98 Å². The first-order valence-corrected chi connectivity index (χ1v) is 5.71. The molecule has 0 N–H and O–H groups in total. The molecule has 0 radical (unpaired) electrons. The second-order valence-corrected chi connectivity index (χ2v) is 4.32. The van der Waals surface area contributed by atoms with E-state index < -0.39 is 0 Å². The van der Waals surface area contributed by atoms with Crippen molar-refractivity contribution in [1.29, 1.82) is 0 Å². The number of aldehydes is 1. The summed E-state index contributed by atoms with van der Waals surface area (Å²) >= 11 is 3.37. The van der Waals surface area contributed by atoms with E-state index in [0.29, 0.717) is 23.6 Å². The third kappa shape index (κ3) is 2.24. The molecule has 0 amide bonds. The molecule has 0 atom stereocenters. The number of aromatic nitrogens is 1. The van der Waals surface area contributed by atoms with Crippen LogP contribution in [0.5, 0.6) is 5.75 Å². The molecule has 0 saturated carbocycles. The molecule has 0 aliphatic rings. The average Bonchev–Trinajstić information content (AvgIpc) is 2.70. The summed E-state index contributed by atoms with van der Waals surface area (Å²) in [5, 5.41) is 0. The molecular formula is C12H10BrNO3. The maximum atomic E-state index is 10.9. The number of aryl methyl sites for hydroxylation is 1. The molecular weight excluding hydrogens is 286 g/mol. The van der Waals surface area contributed by atoms with Gasteiger partial charge in [-0.1, -0.05) is 15.9 Å². The Morgan fingerprint density at radius 1 is 1.47 bits per heavy atom. The molecule has 2 rings (SSSR count). The molecule has 1 heterocycles. The van der Waals surface area contributed by atoms with Crippen molar-refractivity contribution in [2.45, 2.75) is 6.92 Å². The molecule has 1 aromatic heterocycles. The van der Waals surface area contributed by atoms with Crippen LogP contribution in [0.2, 0.25) is 0 Å². The first-order chi connectivity index (χ1) is 8.15. The summed E-state index contributed by atoms with van der Waals surface area (Å²) in [4.78, 5) is 15.1. The quantitative estimate of drug-likeness (QED) is 0.816. The van der Waals surface area contributed by atoms with Gasteiger partial charge in [0.1, 0.15) is 11.4 Å². The summed E-state index contributed by atoms with van der Waals surface area (Å²) in [5.41, 5.74) is 1.22. The third-order valence-electron chi connectivity index (χ3n) is 2.28. The van der Waals surface area contributed by atoms with E-state index in [1.165, 1.54) is 0 Å². The minimum atomic E-state index is 0.207. The lowest BCUT2D eigenvalue weighted by atomic mass is 10.1. The van der Waals surface area contributed by atoms with Crippen molar-refractivity contribution in [3.05, 3.63) is 34.3 Å². The van der Waals surface area contributed by atoms with Crippen molar-refractivity contribution < 1.29 is 13.9 Å². The van der Waals surface area contributed by atoms with E-state index in [2.05, 4.69) is 20.9 Å². The average molecular weight is 296 g/mol. The first-order valence-electron chi connectivity index (χ1n) is 4.92.